The number of aryl methyl sites for hydroxylation is 1. The number of amides is 1. The van der Waals surface area contributed by atoms with Gasteiger partial charge in [0.1, 0.15) is 11.5 Å². The van der Waals surface area contributed by atoms with Gasteiger partial charge < -0.3 is 14.1 Å². The van der Waals surface area contributed by atoms with Crippen molar-refractivity contribution in [2.24, 2.45) is 0 Å². The van der Waals surface area contributed by atoms with Gasteiger partial charge in [-0.15, -0.1) is 11.3 Å². The molecule has 1 amide bonds. The summed E-state index contributed by atoms with van der Waals surface area (Å²) in [5.41, 5.74) is 1.85. The minimum Gasteiger partial charge on any atom is -0.497 e. The van der Waals surface area contributed by atoms with Crippen LogP contribution in [0.2, 0.25) is 0 Å². The Balaban J connectivity index is 1.64. The second-order valence-electron chi connectivity index (χ2n) is 5.99. The largest absolute Gasteiger partial charge is 0.497 e. The van der Waals surface area contributed by atoms with Crippen LogP contribution in [0.5, 0.6) is 5.75 Å². The van der Waals surface area contributed by atoms with Gasteiger partial charge in [-0.25, -0.2) is 4.98 Å². The molecule has 0 N–H and O–H groups in total. The minimum atomic E-state index is 0.0655. The van der Waals surface area contributed by atoms with Gasteiger partial charge in [-0.05, 0) is 43.7 Å². The molecule has 5 nitrogen and oxygen atoms in total. The molecular formula is C20H22N2O3S. The summed E-state index contributed by atoms with van der Waals surface area (Å²) >= 11 is 1.50. The summed E-state index contributed by atoms with van der Waals surface area (Å²) < 4.78 is 10.8. The zero-order valence-corrected chi connectivity index (χ0v) is 16.0. The van der Waals surface area contributed by atoms with Gasteiger partial charge in [0.25, 0.3) is 0 Å². The number of methoxy groups -OCH3 is 1. The predicted octanol–water partition coefficient (Wildman–Crippen LogP) is 4.31. The Labute approximate surface area is 157 Å². The van der Waals surface area contributed by atoms with E-state index >= 15 is 0 Å². The Morgan fingerprint density at radius 1 is 1.23 bits per heavy atom. The van der Waals surface area contributed by atoms with Crippen molar-refractivity contribution in [2.45, 2.75) is 26.8 Å². The van der Waals surface area contributed by atoms with Gasteiger partial charge in [-0.2, -0.15) is 0 Å². The quantitative estimate of drug-likeness (QED) is 0.622. The molecule has 6 heteroatoms. The monoisotopic (exact) mass is 370 g/mol. The Morgan fingerprint density at radius 2 is 2.00 bits per heavy atom. The summed E-state index contributed by atoms with van der Waals surface area (Å²) in [6.45, 7) is 5.12. The van der Waals surface area contributed by atoms with Crippen LogP contribution >= 0.6 is 11.3 Å². The minimum absolute atomic E-state index is 0.0655. The van der Waals surface area contributed by atoms with Crippen LogP contribution in [0, 0.1) is 6.92 Å². The van der Waals surface area contributed by atoms with Crippen LogP contribution in [0.25, 0.3) is 10.8 Å². The highest BCUT2D eigenvalue weighted by molar-refractivity contribution is 7.13. The molecule has 0 saturated heterocycles. The van der Waals surface area contributed by atoms with Crippen molar-refractivity contribution in [1.29, 1.82) is 0 Å². The first-order valence-corrected chi connectivity index (χ1v) is 9.39. The molecule has 3 rings (SSSR count). The molecule has 0 unspecified atom stereocenters. The zero-order valence-electron chi connectivity index (χ0n) is 15.2. The lowest BCUT2D eigenvalue weighted by molar-refractivity contribution is -0.130. The van der Waals surface area contributed by atoms with E-state index in [1.54, 1.807) is 7.11 Å². The summed E-state index contributed by atoms with van der Waals surface area (Å²) in [6.07, 6.45) is 0.292. The molecule has 0 radical (unpaired) electrons. The van der Waals surface area contributed by atoms with Crippen LogP contribution < -0.4 is 4.74 Å². The predicted molar refractivity (Wildman–Crippen MR) is 102 cm³/mol. The van der Waals surface area contributed by atoms with Gasteiger partial charge in [0.2, 0.25) is 5.91 Å². The van der Waals surface area contributed by atoms with Gasteiger partial charge in [-0.1, -0.05) is 12.1 Å². The molecule has 0 bridgehead atoms. The third-order valence-electron chi connectivity index (χ3n) is 4.10. The van der Waals surface area contributed by atoms with E-state index in [2.05, 4.69) is 4.98 Å². The number of carbonyl (C=O) groups excluding carboxylic acids is 1. The van der Waals surface area contributed by atoms with E-state index in [1.165, 1.54) is 11.3 Å². The van der Waals surface area contributed by atoms with Gasteiger partial charge in [0, 0.05) is 18.5 Å². The molecule has 0 aliphatic rings. The topological polar surface area (TPSA) is 55.6 Å². The Kier molecular flexibility index (Phi) is 5.73. The zero-order chi connectivity index (χ0) is 18.5. The van der Waals surface area contributed by atoms with Crippen LogP contribution in [-0.2, 0) is 17.8 Å². The Morgan fingerprint density at radius 3 is 2.62 bits per heavy atom. The number of aromatic nitrogens is 1. The number of thiazole rings is 1. The van der Waals surface area contributed by atoms with E-state index < -0.39 is 0 Å². The molecule has 2 heterocycles. The lowest BCUT2D eigenvalue weighted by Gasteiger charge is -2.20. The smallest absolute Gasteiger partial charge is 0.228 e. The molecule has 136 valence electrons. The number of furan rings is 1. The second kappa shape index (κ2) is 8.19. The van der Waals surface area contributed by atoms with Crippen LogP contribution in [0.1, 0.15) is 23.9 Å². The summed E-state index contributed by atoms with van der Waals surface area (Å²) in [5.74, 6) is 2.48. The molecule has 0 spiro atoms. The van der Waals surface area contributed by atoms with Crippen molar-refractivity contribution in [3.05, 3.63) is 58.8 Å². The number of hydrogen-bond acceptors (Lipinski definition) is 5. The van der Waals surface area contributed by atoms with Crippen molar-refractivity contribution in [3.8, 4) is 16.5 Å². The maximum atomic E-state index is 12.7. The maximum Gasteiger partial charge on any atom is 0.228 e. The number of nitrogens with zero attached hydrogens (tertiary/aromatic N) is 2. The number of benzene rings is 1. The molecule has 0 aliphatic carbocycles. The first-order chi connectivity index (χ1) is 12.6. The third kappa shape index (κ3) is 4.32. The second-order valence-corrected chi connectivity index (χ2v) is 6.85. The highest BCUT2D eigenvalue weighted by Gasteiger charge is 2.16. The average molecular weight is 370 g/mol. The average Bonchev–Trinajstić information content (AvgIpc) is 3.29. The van der Waals surface area contributed by atoms with Crippen molar-refractivity contribution in [2.75, 3.05) is 13.7 Å². The van der Waals surface area contributed by atoms with Crippen LogP contribution in [0.15, 0.2) is 46.2 Å². The number of likely N-dealkylation sites (N-methyl/N-ethyl adjacent to an activating group) is 1. The van der Waals surface area contributed by atoms with E-state index in [0.29, 0.717) is 19.5 Å². The molecule has 0 fully saturated rings. The van der Waals surface area contributed by atoms with Crippen LogP contribution in [0.3, 0.4) is 0 Å². The normalized spacial score (nSPS) is 10.7. The summed E-state index contributed by atoms with van der Waals surface area (Å²) in [5, 5.41) is 2.73. The summed E-state index contributed by atoms with van der Waals surface area (Å²) in [6, 6.07) is 11.6. The molecule has 0 atom stereocenters. The van der Waals surface area contributed by atoms with E-state index in [9.17, 15) is 4.79 Å². The fraction of sp³-hybridized carbons (Fsp3) is 0.300. The number of carbonyl (C=O) groups is 1. The number of rotatable bonds is 7. The molecule has 0 saturated carbocycles. The lowest BCUT2D eigenvalue weighted by Crippen LogP contribution is -2.31. The van der Waals surface area contributed by atoms with Gasteiger partial charge in [-0.3, -0.25) is 4.79 Å². The van der Waals surface area contributed by atoms with Crippen molar-refractivity contribution >= 4 is 17.2 Å². The lowest BCUT2D eigenvalue weighted by atomic mass is 10.2. The maximum absolute atomic E-state index is 12.7. The van der Waals surface area contributed by atoms with Crippen LogP contribution in [-0.4, -0.2) is 29.4 Å². The number of ether oxygens (including phenoxy) is 1. The first kappa shape index (κ1) is 18.2. The van der Waals surface area contributed by atoms with Gasteiger partial charge in [0.05, 0.1) is 19.2 Å². The highest BCUT2D eigenvalue weighted by Crippen LogP contribution is 2.26. The highest BCUT2D eigenvalue weighted by atomic mass is 32.1. The fourth-order valence-corrected chi connectivity index (χ4v) is 3.42. The Bertz CT molecular complexity index is 867. The number of hydrogen-bond donors (Lipinski definition) is 0. The molecule has 0 aliphatic heterocycles. The summed E-state index contributed by atoms with van der Waals surface area (Å²) in [7, 11) is 1.64. The fourth-order valence-electron chi connectivity index (χ4n) is 2.65. The van der Waals surface area contributed by atoms with E-state index in [4.69, 9.17) is 9.15 Å². The van der Waals surface area contributed by atoms with E-state index in [1.807, 2.05) is 60.5 Å². The van der Waals surface area contributed by atoms with Crippen molar-refractivity contribution in [1.82, 2.24) is 9.88 Å². The molecule has 1 aromatic carbocycles. The van der Waals surface area contributed by atoms with Crippen molar-refractivity contribution in [3.63, 3.8) is 0 Å². The van der Waals surface area contributed by atoms with Crippen LogP contribution in [0.4, 0.5) is 0 Å². The summed E-state index contributed by atoms with van der Waals surface area (Å²) in [4.78, 5) is 19.0. The van der Waals surface area contributed by atoms with Crippen molar-refractivity contribution < 1.29 is 13.9 Å². The van der Waals surface area contributed by atoms with Gasteiger partial charge >= 0.3 is 0 Å². The SMILES string of the molecule is CCN(Cc1ccc(OC)cc1)C(=O)Cc1csc(-c2ccc(C)o2)n1. The molecular weight excluding hydrogens is 348 g/mol. The Hall–Kier alpha value is -2.60. The third-order valence-corrected chi connectivity index (χ3v) is 5.01. The van der Waals surface area contributed by atoms with E-state index in [0.717, 1.165) is 33.5 Å². The standard InChI is InChI=1S/C20H22N2O3S/c1-4-22(12-15-6-8-17(24-3)9-7-15)19(23)11-16-13-26-20(21-16)18-10-5-14(2)25-18/h5-10,13H,4,11-12H2,1-3H3. The first-order valence-electron chi connectivity index (χ1n) is 8.51. The van der Waals surface area contributed by atoms with Gasteiger partial charge in [0.15, 0.2) is 10.8 Å². The molecule has 26 heavy (non-hydrogen) atoms. The molecule has 2 aromatic heterocycles. The molecule has 3 aromatic rings. The van der Waals surface area contributed by atoms with E-state index in [-0.39, 0.29) is 5.91 Å².